The van der Waals surface area contributed by atoms with Gasteiger partial charge in [-0.25, -0.2) is 9.97 Å². The van der Waals surface area contributed by atoms with Crippen molar-refractivity contribution in [3.05, 3.63) is 42.9 Å². The molecular weight excluding hydrogens is 190 g/mol. The minimum Gasteiger partial charge on any atom is -0.366 e. The number of benzene rings is 1. The fourth-order valence-electron chi connectivity index (χ4n) is 1.30. The normalized spacial score (nSPS) is 10.1. The van der Waals surface area contributed by atoms with E-state index in [1.54, 1.807) is 18.3 Å². The molecule has 1 aromatic heterocycles. The van der Waals surface area contributed by atoms with Crippen LogP contribution in [0, 0.1) is 0 Å². The zero-order valence-electron chi connectivity index (χ0n) is 7.97. The first kappa shape index (κ1) is 9.33. The largest absolute Gasteiger partial charge is 0.366 e. The summed E-state index contributed by atoms with van der Waals surface area (Å²) >= 11 is 0. The average molecular weight is 199 g/mol. The maximum Gasteiger partial charge on any atom is 0.248 e. The van der Waals surface area contributed by atoms with Crippen LogP contribution in [-0.4, -0.2) is 15.9 Å². The molecule has 4 nitrogen and oxygen atoms in total. The van der Waals surface area contributed by atoms with E-state index in [0.717, 1.165) is 10.9 Å². The minimum atomic E-state index is -0.525. The van der Waals surface area contributed by atoms with Crippen molar-refractivity contribution < 1.29 is 4.79 Å². The van der Waals surface area contributed by atoms with Gasteiger partial charge in [-0.15, -0.1) is 0 Å². The molecule has 2 aromatic rings. The third-order valence-electron chi connectivity index (χ3n) is 2.15. The number of hydrogen-bond donors (Lipinski definition) is 1. The molecule has 0 unspecified atom stereocenters. The SMILES string of the molecule is C=C(C(N)=O)c1ccc2cncnc2c1. The number of rotatable bonds is 2. The van der Waals surface area contributed by atoms with E-state index in [1.807, 2.05) is 6.07 Å². The van der Waals surface area contributed by atoms with Crippen LogP contribution in [0.1, 0.15) is 5.56 Å². The van der Waals surface area contributed by atoms with Crippen molar-refractivity contribution >= 4 is 22.4 Å². The van der Waals surface area contributed by atoms with Gasteiger partial charge in [0.25, 0.3) is 0 Å². The number of nitrogens with zero attached hydrogens (tertiary/aromatic N) is 2. The fourth-order valence-corrected chi connectivity index (χ4v) is 1.30. The number of nitrogens with two attached hydrogens (primary N) is 1. The first-order chi connectivity index (χ1) is 7.18. The highest BCUT2D eigenvalue weighted by atomic mass is 16.1. The Bertz CT molecular complexity index is 548. The molecule has 1 amide bonds. The molecule has 0 aliphatic heterocycles. The average Bonchev–Trinajstić information content (AvgIpc) is 2.27. The molecule has 0 spiro atoms. The Hall–Kier alpha value is -2.23. The highest BCUT2D eigenvalue weighted by Crippen LogP contribution is 2.17. The summed E-state index contributed by atoms with van der Waals surface area (Å²) in [5.41, 5.74) is 6.89. The molecule has 2 rings (SSSR count). The van der Waals surface area contributed by atoms with Crippen LogP contribution in [0.15, 0.2) is 37.3 Å². The van der Waals surface area contributed by atoms with E-state index < -0.39 is 5.91 Å². The first-order valence-electron chi connectivity index (χ1n) is 4.37. The van der Waals surface area contributed by atoms with Gasteiger partial charge in [0.2, 0.25) is 5.91 Å². The summed E-state index contributed by atoms with van der Waals surface area (Å²) in [6.07, 6.45) is 3.16. The fraction of sp³-hybridized carbons (Fsp3) is 0. The lowest BCUT2D eigenvalue weighted by Gasteiger charge is -2.02. The predicted octanol–water partition coefficient (Wildman–Crippen LogP) is 1.13. The van der Waals surface area contributed by atoms with Gasteiger partial charge in [0.15, 0.2) is 0 Å². The van der Waals surface area contributed by atoms with Gasteiger partial charge in [-0.2, -0.15) is 0 Å². The summed E-state index contributed by atoms with van der Waals surface area (Å²) in [6, 6.07) is 5.38. The Morgan fingerprint density at radius 2 is 2.20 bits per heavy atom. The monoisotopic (exact) mass is 199 g/mol. The van der Waals surface area contributed by atoms with Crippen molar-refractivity contribution in [3.8, 4) is 0 Å². The van der Waals surface area contributed by atoms with Crippen LogP contribution in [-0.2, 0) is 4.79 Å². The second kappa shape index (κ2) is 3.49. The van der Waals surface area contributed by atoms with Crippen LogP contribution in [0.2, 0.25) is 0 Å². The van der Waals surface area contributed by atoms with Gasteiger partial charge in [0, 0.05) is 17.2 Å². The summed E-state index contributed by atoms with van der Waals surface area (Å²) in [5, 5.41) is 0.915. The van der Waals surface area contributed by atoms with Crippen molar-refractivity contribution in [1.29, 1.82) is 0 Å². The molecule has 1 aromatic carbocycles. The number of hydrogen-bond acceptors (Lipinski definition) is 3. The molecule has 0 saturated carbocycles. The summed E-state index contributed by atoms with van der Waals surface area (Å²) < 4.78 is 0. The zero-order chi connectivity index (χ0) is 10.8. The second-order valence-corrected chi connectivity index (χ2v) is 3.14. The summed E-state index contributed by atoms with van der Waals surface area (Å²) in [5.74, 6) is -0.525. The number of carbonyl (C=O) groups is 1. The second-order valence-electron chi connectivity index (χ2n) is 3.14. The van der Waals surface area contributed by atoms with E-state index >= 15 is 0 Å². The molecule has 0 aliphatic rings. The number of carbonyl (C=O) groups excluding carboxylic acids is 1. The van der Waals surface area contributed by atoms with Crippen LogP contribution < -0.4 is 5.73 Å². The minimum absolute atomic E-state index is 0.288. The first-order valence-corrected chi connectivity index (χ1v) is 4.37. The molecule has 0 atom stereocenters. The third kappa shape index (κ3) is 1.69. The highest BCUT2D eigenvalue weighted by molar-refractivity contribution is 6.18. The predicted molar refractivity (Wildman–Crippen MR) is 57.8 cm³/mol. The zero-order valence-corrected chi connectivity index (χ0v) is 7.97. The number of aromatic nitrogens is 2. The lowest BCUT2D eigenvalue weighted by atomic mass is 10.1. The van der Waals surface area contributed by atoms with E-state index in [-0.39, 0.29) is 5.57 Å². The van der Waals surface area contributed by atoms with Gasteiger partial charge < -0.3 is 5.73 Å². The van der Waals surface area contributed by atoms with Crippen LogP contribution in [0.5, 0.6) is 0 Å². The molecule has 15 heavy (non-hydrogen) atoms. The standard InChI is InChI=1S/C11H9N3O/c1-7(11(12)15)8-2-3-9-5-13-6-14-10(9)4-8/h2-6H,1H2,(H2,12,15). The Balaban J connectivity index is 2.56. The van der Waals surface area contributed by atoms with Crippen LogP contribution >= 0.6 is 0 Å². The Kier molecular flexibility index (Phi) is 2.17. The van der Waals surface area contributed by atoms with Crippen LogP contribution in [0.3, 0.4) is 0 Å². The van der Waals surface area contributed by atoms with E-state index in [2.05, 4.69) is 16.5 Å². The maximum absolute atomic E-state index is 10.9. The van der Waals surface area contributed by atoms with Gasteiger partial charge in [0.1, 0.15) is 6.33 Å². The molecule has 1 heterocycles. The van der Waals surface area contributed by atoms with Crippen molar-refractivity contribution in [3.63, 3.8) is 0 Å². The van der Waals surface area contributed by atoms with Crippen LogP contribution in [0.4, 0.5) is 0 Å². The van der Waals surface area contributed by atoms with E-state index in [1.165, 1.54) is 6.33 Å². The smallest absolute Gasteiger partial charge is 0.248 e. The lowest BCUT2D eigenvalue weighted by molar-refractivity contribution is -0.112. The van der Waals surface area contributed by atoms with Crippen molar-refractivity contribution in [2.24, 2.45) is 5.73 Å². The molecular formula is C11H9N3O. The van der Waals surface area contributed by atoms with Gasteiger partial charge in [-0.3, -0.25) is 4.79 Å². The van der Waals surface area contributed by atoms with Gasteiger partial charge in [0.05, 0.1) is 5.52 Å². The Morgan fingerprint density at radius 1 is 1.40 bits per heavy atom. The lowest BCUT2D eigenvalue weighted by Crippen LogP contribution is -2.11. The molecule has 0 bridgehead atoms. The Labute approximate surface area is 86.5 Å². The van der Waals surface area contributed by atoms with Crippen molar-refractivity contribution in [2.75, 3.05) is 0 Å². The molecule has 0 saturated heterocycles. The number of primary amides is 1. The number of amides is 1. The van der Waals surface area contributed by atoms with Crippen molar-refractivity contribution in [2.45, 2.75) is 0 Å². The van der Waals surface area contributed by atoms with E-state index in [4.69, 9.17) is 5.73 Å². The van der Waals surface area contributed by atoms with Gasteiger partial charge in [-0.1, -0.05) is 18.7 Å². The molecule has 74 valence electrons. The quantitative estimate of drug-likeness (QED) is 0.737. The van der Waals surface area contributed by atoms with Crippen molar-refractivity contribution in [1.82, 2.24) is 9.97 Å². The molecule has 0 fully saturated rings. The Morgan fingerprint density at radius 3 is 2.93 bits per heavy atom. The summed E-state index contributed by atoms with van der Waals surface area (Å²) in [7, 11) is 0. The highest BCUT2D eigenvalue weighted by Gasteiger charge is 2.05. The molecule has 4 heteroatoms. The van der Waals surface area contributed by atoms with E-state index in [9.17, 15) is 4.79 Å². The van der Waals surface area contributed by atoms with E-state index in [0.29, 0.717) is 5.56 Å². The van der Waals surface area contributed by atoms with Gasteiger partial charge >= 0.3 is 0 Å². The molecule has 0 radical (unpaired) electrons. The summed E-state index contributed by atoms with van der Waals surface area (Å²) in [4.78, 5) is 18.9. The molecule has 0 aliphatic carbocycles. The number of fused-ring (bicyclic) bond motifs is 1. The van der Waals surface area contributed by atoms with Crippen LogP contribution in [0.25, 0.3) is 16.5 Å². The topological polar surface area (TPSA) is 68.9 Å². The summed E-state index contributed by atoms with van der Waals surface area (Å²) in [6.45, 7) is 3.61. The third-order valence-corrected chi connectivity index (χ3v) is 2.15. The van der Waals surface area contributed by atoms with Gasteiger partial charge in [-0.05, 0) is 11.6 Å². The maximum atomic E-state index is 10.9. The molecule has 2 N–H and O–H groups in total.